The highest BCUT2D eigenvalue weighted by Gasteiger charge is 2.30. The van der Waals surface area contributed by atoms with Crippen molar-refractivity contribution >= 4 is 15.7 Å². The third kappa shape index (κ3) is 4.46. The molecule has 0 saturated carbocycles. The molecule has 0 aromatic heterocycles. The summed E-state index contributed by atoms with van der Waals surface area (Å²) < 4.78 is 30.3. The average Bonchev–Trinajstić information content (AvgIpc) is 3.19. The molecule has 3 aromatic rings. The molecule has 0 spiro atoms. The highest BCUT2D eigenvalue weighted by molar-refractivity contribution is 7.86. The van der Waals surface area contributed by atoms with Gasteiger partial charge in [0, 0.05) is 12.7 Å². The monoisotopic (exact) mass is 420 g/mol. The van der Waals surface area contributed by atoms with Gasteiger partial charge in [0.2, 0.25) is 0 Å². The summed E-state index contributed by atoms with van der Waals surface area (Å²) in [5.74, 6) is 0. The van der Waals surface area contributed by atoms with Crippen molar-refractivity contribution in [2.24, 2.45) is 0 Å². The van der Waals surface area contributed by atoms with E-state index < -0.39 is 10.1 Å². The number of hydrogen-bond acceptors (Lipinski definition) is 5. The van der Waals surface area contributed by atoms with Crippen LogP contribution in [0.5, 0.6) is 0 Å². The van der Waals surface area contributed by atoms with E-state index >= 15 is 0 Å². The van der Waals surface area contributed by atoms with Crippen molar-refractivity contribution < 1.29 is 12.6 Å². The van der Waals surface area contributed by atoms with Gasteiger partial charge in [0.05, 0.1) is 17.5 Å². The fourth-order valence-corrected chi connectivity index (χ4v) is 4.45. The summed E-state index contributed by atoms with van der Waals surface area (Å²) in [6.07, 6.45) is 1.97. The van der Waals surface area contributed by atoms with E-state index in [2.05, 4.69) is 29.7 Å². The Labute approximate surface area is 177 Å². The van der Waals surface area contributed by atoms with Crippen molar-refractivity contribution in [2.75, 3.05) is 13.2 Å². The Morgan fingerprint density at radius 1 is 0.900 bits per heavy atom. The summed E-state index contributed by atoms with van der Waals surface area (Å²) in [5, 5.41) is 2.00. The van der Waals surface area contributed by atoms with Crippen LogP contribution in [0.15, 0.2) is 96.0 Å². The maximum atomic E-state index is 12.5. The quantitative estimate of drug-likeness (QED) is 0.578. The Morgan fingerprint density at radius 3 is 2.20 bits per heavy atom. The van der Waals surface area contributed by atoms with Gasteiger partial charge in [-0.05, 0) is 35.8 Å². The molecule has 1 N–H and O–H groups in total. The summed E-state index contributed by atoms with van der Waals surface area (Å²) in [4.78, 5) is 0.171. The lowest BCUT2D eigenvalue weighted by molar-refractivity contribution is 0.165. The van der Waals surface area contributed by atoms with Gasteiger partial charge in [-0.15, -0.1) is 0 Å². The fourth-order valence-electron chi connectivity index (χ4n) is 3.55. The van der Waals surface area contributed by atoms with Gasteiger partial charge in [0.1, 0.15) is 0 Å². The number of benzene rings is 3. The molecule has 0 radical (unpaired) electrons. The van der Waals surface area contributed by atoms with Crippen LogP contribution in [0.1, 0.15) is 22.7 Å². The first kappa shape index (κ1) is 20.3. The minimum Gasteiger partial charge on any atom is -0.325 e. The molecule has 5 nitrogen and oxygen atoms in total. The van der Waals surface area contributed by atoms with E-state index in [0.717, 1.165) is 22.3 Å². The largest absolute Gasteiger partial charge is 0.325 e. The lowest BCUT2D eigenvalue weighted by atomic mass is 9.94. The summed E-state index contributed by atoms with van der Waals surface area (Å²) in [7, 11) is -3.79. The zero-order chi connectivity index (χ0) is 21.0. The minimum atomic E-state index is -3.79. The zero-order valence-electron chi connectivity index (χ0n) is 16.7. The van der Waals surface area contributed by atoms with Crippen molar-refractivity contribution in [3.05, 3.63) is 108 Å². The van der Waals surface area contributed by atoms with E-state index in [1.165, 1.54) is 0 Å². The smallest absolute Gasteiger partial charge is 0.297 e. The van der Waals surface area contributed by atoms with Crippen LogP contribution in [0, 0.1) is 6.92 Å². The Morgan fingerprint density at radius 2 is 1.53 bits per heavy atom. The van der Waals surface area contributed by atoms with Crippen LogP contribution in [0.25, 0.3) is 5.57 Å². The molecule has 0 amide bonds. The molecule has 4 rings (SSSR count). The van der Waals surface area contributed by atoms with E-state index in [-0.39, 0.29) is 17.5 Å². The van der Waals surface area contributed by atoms with Crippen LogP contribution in [0.2, 0.25) is 0 Å². The molecule has 1 aliphatic heterocycles. The Kier molecular flexibility index (Phi) is 5.99. The van der Waals surface area contributed by atoms with Gasteiger partial charge in [-0.1, -0.05) is 78.4 Å². The molecule has 1 aliphatic rings. The number of rotatable bonds is 7. The van der Waals surface area contributed by atoms with E-state index in [1.807, 2.05) is 54.5 Å². The first-order chi connectivity index (χ1) is 14.5. The Bertz CT molecular complexity index is 1110. The molecule has 30 heavy (non-hydrogen) atoms. The summed E-state index contributed by atoms with van der Waals surface area (Å²) in [6.45, 7) is 2.36. The number of nitrogens with zero attached hydrogens (tertiary/aromatic N) is 1. The van der Waals surface area contributed by atoms with Crippen molar-refractivity contribution in [1.82, 2.24) is 10.4 Å². The predicted molar refractivity (Wildman–Crippen MR) is 118 cm³/mol. The third-order valence-corrected chi connectivity index (χ3v) is 6.42. The first-order valence-corrected chi connectivity index (χ1v) is 11.2. The van der Waals surface area contributed by atoms with Gasteiger partial charge >= 0.3 is 0 Å². The van der Waals surface area contributed by atoms with E-state index in [9.17, 15) is 8.42 Å². The van der Waals surface area contributed by atoms with E-state index in [4.69, 9.17) is 4.18 Å². The number of hydrazine groups is 1. The zero-order valence-corrected chi connectivity index (χ0v) is 17.5. The van der Waals surface area contributed by atoms with Gasteiger partial charge < -0.3 is 5.43 Å². The molecule has 1 heterocycles. The second kappa shape index (κ2) is 8.83. The second-order valence-corrected chi connectivity index (χ2v) is 8.81. The molecule has 1 atom stereocenters. The Hall–Kier alpha value is -2.93. The normalized spacial score (nSPS) is 16.8. The summed E-state index contributed by atoms with van der Waals surface area (Å²) in [5.41, 5.74) is 7.66. The first-order valence-electron chi connectivity index (χ1n) is 9.84. The molecule has 1 unspecified atom stereocenters. The number of aryl methyl sites for hydroxylation is 1. The lowest BCUT2D eigenvalue weighted by Gasteiger charge is -2.27. The van der Waals surface area contributed by atoms with Crippen LogP contribution in [0.4, 0.5) is 0 Å². The molecular formula is C24H24N2O3S. The molecular weight excluding hydrogens is 396 g/mol. The standard InChI is InChI=1S/C24H24N2O3S/c1-19-12-14-22(15-13-19)30(27,28)29-17-16-26-24(21-10-6-3-7-11-21)23(18-25-26)20-8-4-2-5-9-20/h2-15,18,24-25H,16-17H2,1H3. The molecule has 6 heteroatoms. The topological polar surface area (TPSA) is 58.6 Å². The number of hydrogen-bond donors (Lipinski definition) is 1. The van der Waals surface area contributed by atoms with Gasteiger partial charge in [0.15, 0.2) is 0 Å². The molecule has 0 aliphatic carbocycles. The van der Waals surface area contributed by atoms with Crippen LogP contribution in [-0.2, 0) is 14.3 Å². The minimum absolute atomic E-state index is 0.0423. The van der Waals surface area contributed by atoms with Gasteiger partial charge in [-0.3, -0.25) is 4.18 Å². The van der Waals surface area contributed by atoms with Crippen molar-refractivity contribution in [3.63, 3.8) is 0 Å². The van der Waals surface area contributed by atoms with Crippen LogP contribution >= 0.6 is 0 Å². The van der Waals surface area contributed by atoms with Crippen molar-refractivity contribution in [3.8, 4) is 0 Å². The maximum absolute atomic E-state index is 12.5. The maximum Gasteiger partial charge on any atom is 0.297 e. The number of nitrogens with one attached hydrogen (secondary N) is 1. The van der Waals surface area contributed by atoms with E-state index in [1.54, 1.807) is 24.3 Å². The molecule has 0 saturated heterocycles. The van der Waals surface area contributed by atoms with Crippen LogP contribution < -0.4 is 5.43 Å². The van der Waals surface area contributed by atoms with Gasteiger partial charge in [-0.2, -0.15) is 8.42 Å². The van der Waals surface area contributed by atoms with Crippen molar-refractivity contribution in [1.29, 1.82) is 0 Å². The van der Waals surface area contributed by atoms with Crippen LogP contribution in [-0.4, -0.2) is 26.6 Å². The highest BCUT2D eigenvalue weighted by Crippen LogP contribution is 2.37. The highest BCUT2D eigenvalue weighted by atomic mass is 32.2. The van der Waals surface area contributed by atoms with Gasteiger partial charge in [-0.25, -0.2) is 5.01 Å². The molecule has 0 fully saturated rings. The van der Waals surface area contributed by atoms with Crippen LogP contribution in [0.3, 0.4) is 0 Å². The summed E-state index contributed by atoms with van der Waals surface area (Å²) >= 11 is 0. The Balaban J connectivity index is 1.49. The second-order valence-electron chi connectivity index (χ2n) is 7.19. The molecule has 3 aromatic carbocycles. The molecule has 0 bridgehead atoms. The third-order valence-electron chi connectivity index (χ3n) is 5.09. The predicted octanol–water partition coefficient (Wildman–Crippen LogP) is 4.30. The van der Waals surface area contributed by atoms with Crippen molar-refractivity contribution in [2.45, 2.75) is 17.9 Å². The lowest BCUT2D eigenvalue weighted by Crippen LogP contribution is -2.36. The molecule has 154 valence electrons. The summed E-state index contributed by atoms with van der Waals surface area (Å²) in [6, 6.07) is 26.9. The SMILES string of the molecule is Cc1ccc(S(=O)(=O)OCCN2NC=C(c3ccccc3)C2c2ccccc2)cc1. The van der Waals surface area contributed by atoms with Gasteiger partial charge in [0.25, 0.3) is 10.1 Å². The average molecular weight is 421 g/mol. The van der Waals surface area contributed by atoms with E-state index in [0.29, 0.717) is 6.54 Å². The fraction of sp³-hybridized carbons (Fsp3) is 0.167.